The van der Waals surface area contributed by atoms with E-state index in [0.717, 1.165) is 27.9 Å². The van der Waals surface area contributed by atoms with Crippen molar-refractivity contribution in [3.05, 3.63) is 64.2 Å². The van der Waals surface area contributed by atoms with Crippen LogP contribution in [0.15, 0.2) is 36.4 Å². The van der Waals surface area contributed by atoms with Crippen LogP contribution in [-0.4, -0.2) is 23.3 Å². The first-order chi connectivity index (χ1) is 11.8. The normalized spacial score (nSPS) is 10.4. The van der Waals surface area contributed by atoms with Gasteiger partial charge in [0.1, 0.15) is 6.54 Å². The zero-order valence-corrected chi connectivity index (χ0v) is 15.6. The van der Waals surface area contributed by atoms with Gasteiger partial charge in [0, 0.05) is 19.2 Å². The standard InChI is InChI=1S/C21H26N2O2/c1-14-6-8-19(9-7-14)12-23(18(5)24)13-20(25)22-21-16(3)10-15(2)11-17(21)4/h6-11H,12-13H2,1-5H3,(H,22,25). The Kier molecular flexibility index (Phi) is 5.97. The summed E-state index contributed by atoms with van der Waals surface area (Å²) in [5.74, 6) is -0.301. The minimum absolute atomic E-state index is 0.0377. The Morgan fingerprint density at radius 2 is 1.48 bits per heavy atom. The van der Waals surface area contributed by atoms with E-state index >= 15 is 0 Å². The first-order valence-electron chi connectivity index (χ1n) is 8.45. The number of anilines is 1. The molecule has 0 saturated carbocycles. The third-order valence-electron chi connectivity index (χ3n) is 4.22. The highest BCUT2D eigenvalue weighted by molar-refractivity contribution is 5.95. The van der Waals surface area contributed by atoms with Crippen LogP contribution in [0.3, 0.4) is 0 Å². The van der Waals surface area contributed by atoms with Crippen LogP contribution in [0.4, 0.5) is 5.69 Å². The van der Waals surface area contributed by atoms with Crippen LogP contribution in [0, 0.1) is 27.7 Å². The lowest BCUT2D eigenvalue weighted by atomic mass is 10.1. The Bertz CT molecular complexity index is 756. The lowest BCUT2D eigenvalue weighted by Crippen LogP contribution is -2.36. The van der Waals surface area contributed by atoms with Crippen LogP contribution >= 0.6 is 0 Å². The van der Waals surface area contributed by atoms with Gasteiger partial charge >= 0.3 is 0 Å². The van der Waals surface area contributed by atoms with E-state index in [1.165, 1.54) is 12.5 Å². The lowest BCUT2D eigenvalue weighted by molar-refractivity contribution is -0.133. The summed E-state index contributed by atoms with van der Waals surface area (Å²) in [7, 11) is 0. The molecule has 4 heteroatoms. The average Bonchev–Trinajstić information content (AvgIpc) is 2.52. The van der Waals surface area contributed by atoms with Crippen molar-refractivity contribution >= 4 is 17.5 Å². The van der Waals surface area contributed by atoms with Gasteiger partial charge in [-0.05, 0) is 44.4 Å². The Morgan fingerprint density at radius 1 is 0.920 bits per heavy atom. The Balaban J connectivity index is 2.08. The first kappa shape index (κ1) is 18.7. The minimum atomic E-state index is -0.183. The van der Waals surface area contributed by atoms with Gasteiger partial charge in [0.15, 0.2) is 0 Å². The minimum Gasteiger partial charge on any atom is -0.329 e. The molecule has 25 heavy (non-hydrogen) atoms. The van der Waals surface area contributed by atoms with Gasteiger partial charge in [0.05, 0.1) is 0 Å². The molecule has 2 aromatic carbocycles. The summed E-state index contributed by atoms with van der Waals surface area (Å²) in [4.78, 5) is 25.9. The van der Waals surface area contributed by atoms with E-state index in [9.17, 15) is 9.59 Å². The van der Waals surface area contributed by atoms with Gasteiger partial charge in [-0.25, -0.2) is 0 Å². The van der Waals surface area contributed by atoms with E-state index in [1.807, 2.05) is 64.1 Å². The van der Waals surface area contributed by atoms with Gasteiger partial charge in [0.25, 0.3) is 0 Å². The molecule has 0 radical (unpaired) electrons. The number of carbonyl (C=O) groups excluding carboxylic acids is 2. The van der Waals surface area contributed by atoms with Gasteiger partial charge in [0.2, 0.25) is 11.8 Å². The van der Waals surface area contributed by atoms with Gasteiger partial charge in [-0.15, -0.1) is 0 Å². The second-order valence-corrected chi connectivity index (χ2v) is 6.68. The molecule has 0 unspecified atom stereocenters. The van der Waals surface area contributed by atoms with E-state index < -0.39 is 0 Å². The fourth-order valence-electron chi connectivity index (χ4n) is 2.92. The van der Waals surface area contributed by atoms with Gasteiger partial charge < -0.3 is 10.2 Å². The zero-order chi connectivity index (χ0) is 18.6. The molecule has 132 valence electrons. The summed E-state index contributed by atoms with van der Waals surface area (Å²) in [6.45, 7) is 9.96. The number of nitrogens with zero attached hydrogens (tertiary/aromatic N) is 1. The highest BCUT2D eigenvalue weighted by Crippen LogP contribution is 2.22. The molecular formula is C21H26N2O2. The molecule has 0 atom stereocenters. The van der Waals surface area contributed by atoms with Crippen LogP contribution < -0.4 is 5.32 Å². The number of amides is 2. The van der Waals surface area contributed by atoms with Crippen LogP contribution in [-0.2, 0) is 16.1 Å². The first-order valence-corrected chi connectivity index (χ1v) is 8.45. The maximum absolute atomic E-state index is 12.5. The monoisotopic (exact) mass is 338 g/mol. The quantitative estimate of drug-likeness (QED) is 0.898. The van der Waals surface area contributed by atoms with E-state index in [-0.39, 0.29) is 18.4 Å². The van der Waals surface area contributed by atoms with Gasteiger partial charge in [-0.1, -0.05) is 47.5 Å². The van der Waals surface area contributed by atoms with E-state index in [4.69, 9.17) is 0 Å². The van der Waals surface area contributed by atoms with Crippen molar-refractivity contribution in [3.63, 3.8) is 0 Å². The van der Waals surface area contributed by atoms with Crippen LogP contribution in [0.5, 0.6) is 0 Å². The topological polar surface area (TPSA) is 49.4 Å². The number of hydrogen-bond donors (Lipinski definition) is 1. The molecule has 0 fully saturated rings. The molecule has 0 aromatic heterocycles. The molecule has 2 amide bonds. The molecule has 0 spiro atoms. The van der Waals surface area contributed by atoms with Crippen LogP contribution in [0.1, 0.15) is 34.7 Å². The summed E-state index contributed by atoms with van der Waals surface area (Å²) < 4.78 is 0. The van der Waals surface area contributed by atoms with Crippen LogP contribution in [0.2, 0.25) is 0 Å². The highest BCUT2D eigenvalue weighted by Gasteiger charge is 2.16. The van der Waals surface area contributed by atoms with Gasteiger partial charge in [-0.2, -0.15) is 0 Å². The Labute approximate surface area is 149 Å². The molecule has 0 aliphatic carbocycles. The summed E-state index contributed by atoms with van der Waals surface area (Å²) in [5.41, 5.74) is 6.22. The molecule has 0 aliphatic rings. The largest absolute Gasteiger partial charge is 0.329 e. The Hall–Kier alpha value is -2.62. The SMILES string of the molecule is CC(=O)N(CC(=O)Nc1c(C)cc(C)cc1C)Cc1ccc(C)cc1. The number of carbonyl (C=O) groups is 2. The van der Waals surface area contributed by atoms with E-state index in [1.54, 1.807) is 4.90 Å². The average molecular weight is 338 g/mol. The number of benzene rings is 2. The maximum atomic E-state index is 12.5. The Morgan fingerprint density at radius 3 is 2.00 bits per heavy atom. The number of aryl methyl sites for hydroxylation is 4. The number of hydrogen-bond acceptors (Lipinski definition) is 2. The molecular weight excluding hydrogens is 312 g/mol. The smallest absolute Gasteiger partial charge is 0.244 e. The fourth-order valence-corrected chi connectivity index (χ4v) is 2.92. The molecule has 2 aromatic rings. The van der Waals surface area contributed by atoms with Crippen molar-refractivity contribution in [1.82, 2.24) is 4.90 Å². The van der Waals surface area contributed by atoms with E-state index in [2.05, 4.69) is 5.32 Å². The molecule has 2 rings (SSSR count). The van der Waals surface area contributed by atoms with Crippen molar-refractivity contribution < 1.29 is 9.59 Å². The molecule has 4 nitrogen and oxygen atoms in total. The fraction of sp³-hybridized carbons (Fsp3) is 0.333. The molecule has 0 saturated heterocycles. The van der Waals surface area contributed by atoms with Gasteiger partial charge in [-0.3, -0.25) is 9.59 Å². The molecule has 1 N–H and O–H groups in total. The summed E-state index contributed by atoms with van der Waals surface area (Å²) in [6, 6.07) is 12.1. The molecule has 0 aliphatic heterocycles. The molecule has 0 bridgehead atoms. The third kappa shape index (κ3) is 5.18. The van der Waals surface area contributed by atoms with Crippen molar-refractivity contribution in [1.29, 1.82) is 0 Å². The van der Waals surface area contributed by atoms with Crippen molar-refractivity contribution in [2.24, 2.45) is 0 Å². The highest BCUT2D eigenvalue weighted by atomic mass is 16.2. The summed E-state index contributed by atoms with van der Waals surface area (Å²) in [6.07, 6.45) is 0. The van der Waals surface area contributed by atoms with Crippen molar-refractivity contribution in [2.45, 2.75) is 41.2 Å². The maximum Gasteiger partial charge on any atom is 0.244 e. The van der Waals surface area contributed by atoms with E-state index in [0.29, 0.717) is 6.54 Å². The number of rotatable bonds is 5. The second-order valence-electron chi connectivity index (χ2n) is 6.68. The predicted octanol–water partition coefficient (Wildman–Crippen LogP) is 3.91. The zero-order valence-electron chi connectivity index (χ0n) is 15.6. The summed E-state index contributed by atoms with van der Waals surface area (Å²) >= 11 is 0. The molecule has 0 heterocycles. The van der Waals surface area contributed by atoms with Crippen molar-refractivity contribution in [2.75, 3.05) is 11.9 Å². The second kappa shape index (κ2) is 7.97. The number of nitrogens with one attached hydrogen (secondary N) is 1. The third-order valence-corrected chi connectivity index (χ3v) is 4.22. The lowest BCUT2D eigenvalue weighted by Gasteiger charge is -2.21. The van der Waals surface area contributed by atoms with Crippen molar-refractivity contribution in [3.8, 4) is 0 Å². The summed E-state index contributed by atoms with van der Waals surface area (Å²) in [5, 5.41) is 2.95. The predicted molar refractivity (Wildman–Crippen MR) is 102 cm³/mol. The van der Waals surface area contributed by atoms with Crippen LogP contribution in [0.25, 0.3) is 0 Å².